The Morgan fingerprint density at radius 1 is 1.33 bits per heavy atom. The average Bonchev–Trinajstić information content (AvgIpc) is 2.66. The van der Waals surface area contributed by atoms with E-state index in [1.165, 1.54) is 4.57 Å². The number of benzene rings is 1. The highest BCUT2D eigenvalue weighted by Crippen LogP contribution is 2.26. The minimum atomic E-state index is -1.15. The number of aryl methyl sites for hydroxylation is 1. The molecule has 2 heterocycles. The lowest BCUT2D eigenvalue weighted by Gasteiger charge is -2.30. The molecule has 1 saturated heterocycles. The number of hydrogen-bond donors (Lipinski definition) is 2. The first-order chi connectivity index (χ1) is 11.4. The highest BCUT2D eigenvalue weighted by atomic mass is 16.2. The summed E-state index contributed by atoms with van der Waals surface area (Å²) in [5, 5.41) is 2.79. The summed E-state index contributed by atoms with van der Waals surface area (Å²) in [6.07, 6.45) is 1.20. The van der Waals surface area contributed by atoms with Crippen molar-refractivity contribution in [3.05, 3.63) is 39.9 Å². The molecule has 2 aromatic rings. The molecule has 1 unspecified atom stereocenters. The van der Waals surface area contributed by atoms with E-state index in [0.29, 0.717) is 36.1 Å². The van der Waals surface area contributed by atoms with Gasteiger partial charge < -0.3 is 5.73 Å². The summed E-state index contributed by atoms with van der Waals surface area (Å²) in [6, 6.07) is 5.30. The van der Waals surface area contributed by atoms with Gasteiger partial charge in [-0.1, -0.05) is 6.07 Å². The lowest BCUT2D eigenvalue weighted by atomic mass is 9.94. The Bertz CT molecular complexity index is 903. The Morgan fingerprint density at radius 3 is 2.79 bits per heavy atom. The smallest absolute Gasteiger partial charge is 0.262 e. The van der Waals surface area contributed by atoms with E-state index < -0.39 is 11.4 Å². The Balaban J connectivity index is 2.26. The number of carbonyl (C=O) groups excluding carboxylic acids is 2. The first-order valence-electron chi connectivity index (χ1n) is 7.94. The number of nitrogens with two attached hydrogens (primary N) is 1. The van der Waals surface area contributed by atoms with Gasteiger partial charge in [0.25, 0.3) is 11.5 Å². The molecule has 7 nitrogen and oxygen atoms in total. The highest BCUT2D eigenvalue weighted by molar-refractivity contribution is 5.99. The van der Waals surface area contributed by atoms with Crippen molar-refractivity contribution in [2.24, 2.45) is 5.73 Å². The molecule has 0 bridgehead atoms. The number of imide groups is 1. The van der Waals surface area contributed by atoms with Crippen LogP contribution < -0.4 is 16.6 Å². The molecule has 1 aliphatic heterocycles. The van der Waals surface area contributed by atoms with Crippen molar-refractivity contribution in [1.29, 1.82) is 0 Å². The molecular formula is C17H20N4O3. The lowest BCUT2D eigenvalue weighted by molar-refractivity contribution is -0.134. The van der Waals surface area contributed by atoms with Gasteiger partial charge >= 0.3 is 0 Å². The van der Waals surface area contributed by atoms with Crippen molar-refractivity contribution < 1.29 is 9.59 Å². The Kier molecular flexibility index (Phi) is 3.96. The monoisotopic (exact) mass is 328 g/mol. The Labute approximate surface area is 138 Å². The Hall–Kier alpha value is -2.54. The van der Waals surface area contributed by atoms with Gasteiger partial charge in [0.1, 0.15) is 11.4 Å². The molecule has 0 radical (unpaired) electrons. The second kappa shape index (κ2) is 5.83. The van der Waals surface area contributed by atoms with Crippen LogP contribution in [0.15, 0.2) is 23.0 Å². The molecule has 0 spiro atoms. The fourth-order valence-corrected chi connectivity index (χ4v) is 3.30. The summed E-state index contributed by atoms with van der Waals surface area (Å²) in [7, 11) is 0. The zero-order valence-corrected chi connectivity index (χ0v) is 13.8. The number of rotatable bonds is 2. The summed E-state index contributed by atoms with van der Waals surface area (Å²) < 4.78 is 1.41. The van der Waals surface area contributed by atoms with Crippen molar-refractivity contribution in [1.82, 2.24) is 14.9 Å². The lowest BCUT2D eigenvalue weighted by Crippen LogP contribution is -2.51. The average molecular weight is 328 g/mol. The van der Waals surface area contributed by atoms with E-state index in [1.54, 1.807) is 26.0 Å². The third-order valence-corrected chi connectivity index (χ3v) is 4.64. The first kappa shape index (κ1) is 16.3. The molecule has 7 heteroatoms. The van der Waals surface area contributed by atoms with Crippen molar-refractivity contribution in [3.63, 3.8) is 0 Å². The maximum atomic E-state index is 13.1. The molecule has 0 saturated carbocycles. The van der Waals surface area contributed by atoms with Crippen LogP contribution in [0, 0.1) is 6.92 Å². The molecule has 1 atom stereocenters. The molecule has 3 rings (SSSR count). The van der Waals surface area contributed by atoms with Gasteiger partial charge in [-0.3, -0.25) is 24.3 Å². The Morgan fingerprint density at radius 2 is 2.08 bits per heavy atom. The predicted octanol–water partition coefficient (Wildman–Crippen LogP) is 0.706. The van der Waals surface area contributed by atoms with Crippen LogP contribution in [0.1, 0.15) is 37.6 Å². The van der Waals surface area contributed by atoms with Crippen molar-refractivity contribution in [2.75, 3.05) is 0 Å². The van der Waals surface area contributed by atoms with E-state index in [1.807, 2.05) is 6.07 Å². The number of fused-ring (bicyclic) bond motifs is 1. The van der Waals surface area contributed by atoms with Crippen LogP contribution in [-0.2, 0) is 21.7 Å². The molecule has 0 aliphatic carbocycles. The van der Waals surface area contributed by atoms with E-state index in [4.69, 9.17) is 5.73 Å². The van der Waals surface area contributed by atoms with Crippen LogP contribution in [0.5, 0.6) is 0 Å². The molecule has 1 fully saturated rings. The van der Waals surface area contributed by atoms with Gasteiger partial charge in [0.15, 0.2) is 0 Å². The summed E-state index contributed by atoms with van der Waals surface area (Å²) in [6.45, 7) is 3.69. The molecule has 24 heavy (non-hydrogen) atoms. The zero-order chi connectivity index (χ0) is 17.5. The molecular weight excluding hydrogens is 308 g/mol. The summed E-state index contributed by atoms with van der Waals surface area (Å²) in [5.41, 5.74) is 5.61. The maximum Gasteiger partial charge on any atom is 0.262 e. The summed E-state index contributed by atoms with van der Waals surface area (Å²) >= 11 is 0. The zero-order valence-electron chi connectivity index (χ0n) is 13.8. The molecule has 2 amide bonds. The minimum absolute atomic E-state index is 0.271. The summed E-state index contributed by atoms with van der Waals surface area (Å²) in [5.74, 6) is -0.333. The van der Waals surface area contributed by atoms with Gasteiger partial charge in [0.05, 0.1) is 10.9 Å². The van der Waals surface area contributed by atoms with Gasteiger partial charge in [-0.25, -0.2) is 4.98 Å². The highest BCUT2D eigenvalue weighted by Gasteiger charge is 2.40. The fourth-order valence-electron chi connectivity index (χ4n) is 3.30. The maximum absolute atomic E-state index is 13.1. The third-order valence-electron chi connectivity index (χ3n) is 4.64. The molecule has 126 valence electrons. The number of nitrogens with zero attached hydrogens (tertiary/aromatic N) is 2. The fraction of sp³-hybridized carbons (Fsp3) is 0.412. The van der Waals surface area contributed by atoms with Gasteiger partial charge in [-0.05, 0) is 44.4 Å². The molecule has 1 aromatic carbocycles. The van der Waals surface area contributed by atoms with E-state index in [0.717, 1.165) is 5.56 Å². The molecule has 1 aliphatic rings. The number of aromatic nitrogens is 2. The van der Waals surface area contributed by atoms with Crippen LogP contribution in [0.2, 0.25) is 0 Å². The van der Waals surface area contributed by atoms with E-state index in [9.17, 15) is 14.4 Å². The van der Waals surface area contributed by atoms with E-state index >= 15 is 0 Å². The van der Waals surface area contributed by atoms with Crippen LogP contribution >= 0.6 is 0 Å². The van der Waals surface area contributed by atoms with Crippen LogP contribution in [0.3, 0.4) is 0 Å². The topological polar surface area (TPSA) is 107 Å². The molecule has 3 N–H and O–H groups in total. The van der Waals surface area contributed by atoms with Crippen LogP contribution in [0.4, 0.5) is 0 Å². The van der Waals surface area contributed by atoms with Crippen molar-refractivity contribution in [3.8, 4) is 0 Å². The number of nitrogens with one attached hydrogen (secondary N) is 1. The van der Waals surface area contributed by atoms with Crippen molar-refractivity contribution >= 4 is 22.7 Å². The second-order valence-corrected chi connectivity index (χ2v) is 6.36. The third kappa shape index (κ3) is 2.50. The summed E-state index contributed by atoms with van der Waals surface area (Å²) in [4.78, 5) is 41.8. The predicted molar refractivity (Wildman–Crippen MR) is 89.3 cm³/mol. The van der Waals surface area contributed by atoms with Gasteiger partial charge in [0, 0.05) is 13.0 Å². The van der Waals surface area contributed by atoms with E-state index in [-0.39, 0.29) is 17.9 Å². The first-order valence-corrected chi connectivity index (χ1v) is 7.94. The SMILES string of the molecule is Cc1nc2ccc(CN)cc2c(=O)n1C1(C)CCCC(=O)NC1=O. The largest absolute Gasteiger partial charge is 0.326 e. The van der Waals surface area contributed by atoms with Gasteiger partial charge in [-0.2, -0.15) is 0 Å². The van der Waals surface area contributed by atoms with E-state index in [2.05, 4.69) is 10.3 Å². The number of amides is 2. The number of carbonyl (C=O) groups is 2. The second-order valence-electron chi connectivity index (χ2n) is 6.36. The normalized spacial score (nSPS) is 21.6. The van der Waals surface area contributed by atoms with Crippen LogP contribution in [-0.4, -0.2) is 21.4 Å². The quantitative estimate of drug-likeness (QED) is 0.789. The van der Waals surface area contributed by atoms with Gasteiger partial charge in [-0.15, -0.1) is 0 Å². The van der Waals surface area contributed by atoms with Gasteiger partial charge in [0.2, 0.25) is 5.91 Å². The number of hydrogen-bond acceptors (Lipinski definition) is 5. The van der Waals surface area contributed by atoms with Crippen molar-refractivity contribution in [2.45, 2.75) is 45.2 Å². The van der Waals surface area contributed by atoms with Crippen LogP contribution in [0.25, 0.3) is 10.9 Å². The molecule has 1 aromatic heterocycles. The minimum Gasteiger partial charge on any atom is -0.326 e. The standard InChI is InChI=1S/C17H20N4O3/c1-10-19-13-6-5-11(9-18)8-12(13)15(23)21(10)17(2)7-3-4-14(22)20-16(17)24/h5-6,8H,3-4,7,9,18H2,1-2H3,(H,20,22,24).